The van der Waals surface area contributed by atoms with E-state index in [1.54, 1.807) is 7.11 Å². The first-order valence-electron chi connectivity index (χ1n) is 12.3. The maximum absolute atomic E-state index is 13.8. The van der Waals surface area contributed by atoms with E-state index in [1.807, 2.05) is 29.2 Å². The molecule has 4 nitrogen and oxygen atoms in total. The van der Waals surface area contributed by atoms with Gasteiger partial charge >= 0.3 is 0 Å². The van der Waals surface area contributed by atoms with Crippen molar-refractivity contribution in [3.8, 4) is 5.75 Å². The molecule has 0 bridgehead atoms. The number of nitrogens with zero attached hydrogens (tertiary/aromatic N) is 2. The van der Waals surface area contributed by atoms with Crippen molar-refractivity contribution in [2.75, 3.05) is 25.1 Å². The van der Waals surface area contributed by atoms with Crippen molar-refractivity contribution in [3.05, 3.63) is 95.1 Å². The number of hydrogen-bond donors (Lipinski definition) is 0. The number of ether oxygens (including phenoxy) is 1. The van der Waals surface area contributed by atoms with Crippen LogP contribution in [0.4, 0.5) is 5.69 Å². The molecular formula is C30H36N2O2. The molecule has 4 heteroatoms. The van der Waals surface area contributed by atoms with Gasteiger partial charge in [-0.25, -0.2) is 0 Å². The minimum atomic E-state index is 0.00373. The van der Waals surface area contributed by atoms with Crippen molar-refractivity contribution in [2.45, 2.75) is 52.1 Å². The Morgan fingerprint density at radius 2 is 1.62 bits per heavy atom. The lowest BCUT2D eigenvalue weighted by Gasteiger charge is -2.39. The van der Waals surface area contributed by atoms with Crippen LogP contribution in [-0.4, -0.2) is 37.0 Å². The van der Waals surface area contributed by atoms with E-state index in [4.69, 9.17) is 4.74 Å². The average Bonchev–Trinajstić information content (AvgIpc) is 2.86. The van der Waals surface area contributed by atoms with Gasteiger partial charge in [-0.15, -0.1) is 0 Å². The largest absolute Gasteiger partial charge is 0.496 e. The van der Waals surface area contributed by atoms with Gasteiger partial charge in [-0.1, -0.05) is 67.9 Å². The first-order chi connectivity index (χ1) is 16.5. The van der Waals surface area contributed by atoms with Crippen LogP contribution in [-0.2, 0) is 6.54 Å². The number of piperidine rings is 1. The quantitative estimate of drug-likeness (QED) is 0.410. The summed E-state index contributed by atoms with van der Waals surface area (Å²) in [6.45, 7) is 9.42. The number of para-hydroxylation sites is 1. The SMILES string of the molecule is COc1ccccc1C(=O)N(c1ccc(C)cc1)C1CCN(Cc2ccc(C(C)C)cc2)CC1. The highest BCUT2D eigenvalue weighted by molar-refractivity contribution is 6.08. The molecule has 3 aromatic carbocycles. The van der Waals surface area contributed by atoms with E-state index in [1.165, 1.54) is 16.7 Å². The molecule has 0 radical (unpaired) electrons. The molecule has 1 amide bonds. The molecule has 0 aromatic heterocycles. The Bertz CT molecular complexity index is 1080. The summed E-state index contributed by atoms with van der Waals surface area (Å²) < 4.78 is 5.51. The summed E-state index contributed by atoms with van der Waals surface area (Å²) in [5.41, 5.74) is 5.48. The number of carbonyl (C=O) groups is 1. The molecule has 1 aliphatic heterocycles. The van der Waals surface area contributed by atoms with Crippen LogP contribution in [0.1, 0.15) is 59.7 Å². The summed E-state index contributed by atoms with van der Waals surface area (Å²) in [6, 6.07) is 24.9. The fraction of sp³-hybridized carbons (Fsp3) is 0.367. The van der Waals surface area contributed by atoms with Crippen LogP contribution < -0.4 is 9.64 Å². The Morgan fingerprint density at radius 3 is 2.24 bits per heavy atom. The van der Waals surface area contributed by atoms with E-state index < -0.39 is 0 Å². The average molecular weight is 457 g/mol. The predicted molar refractivity (Wildman–Crippen MR) is 140 cm³/mol. The van der Waals surface area contributed by atoms with Crippen LogP contribution in [0.25, 0.3) is 0 Å². The molecule has 1 saturated heterocycles. The van der Waals surface area contributed by atoms with Crippen molar-refractivity contribution >= 4 is 11.6 Å². The van der Waals surface area contributed by atoms with Gasteiger partial charge in [0.25, 0.3) is 5.91 Å². The highest BCUT2D eigenvalue weighted by Gasteiger charge is 2.31. The molecule has 1 aliphatic rings. The third kappa shape index (κ3) is 5.51. The number of rotatable bonds is 7. The van der Waals surface area contributed by atoms with Gasteiger partial charge in [-0.05, 0) is 61.1 Å². The van der Waals surface area contributed by atoms with Crippen molar-refractivity contribution in [1.29, 1.82) is 0 Å². The number of hydrogen-bond acceptors (Lipinski definition) is 3. The van der Waals surface area contributed by atoms with E-state index >= 15 is 0 Å². The van der Waals surface area contributed by atoms with Crippen LogP contribution >= 0.6 is 0 Å². The van der Waals surface area contributed by atoms with Gasteiger partial charge in [0.1, 0.15) is 5.75 Å². The summed E-state index contributed by atoms with van der Waals surface area (Å²) in [4.78, 5) is 18.3. The lowest BCUT2D eigenvalue weighted by molar-refractivity contribution is 0.0955. The molecule has 3 aromatic rings. The number of amides is 1. The van der Waals surface area contributed by atoms with Crippen LogP contribution in [0.2, 0.25) is 0 Å². The number of aryl methyl sites for hydroxylation is 1. The summed E-state index contributed by atoms with van der Waals surface area (Å²) in [5, 5.41) is 0. The Kier molecular flexibility index (Phi) is 7.69. The van der Waals surface area contributed by atoms with Gasteiger partial charge in [0, 0.05) is 31.4 Å². The molecular weight excluding hydrogens is 420 g/mol. The summed E-state index contributed by atoms with van der Waals surface area (Å²) >= 11 is 0. The van der Waals surface area contributed by atoms with Gasteiger partial charge in [0.15, 0.2) is 0 Å². The smallest absolute Gasteiger partial charge is 0.262 e. The molecule has 1 heterocycles. The van der Waals surface area contributed by atoms with Gasteiger partial charge in [-0.3, -0.25) is 9.69 Å². The van der Waals surface area contributed by atoms with Crippen molar-refractivity contribution in [1.82, 2.24) is 4.90 Å². The minimum Gasteiger partial charge on any atom is -0.496 e. The van der Waals surface area contributed by atoms with E-state index in [0.717, 1.165) is 38.2 Å². The fourth-order valence-electron chi connectivity index (χ4n) is 4.75. The molecule has 0 N–H and O–H groups in total. The first kappa shape index (κ1) is 24.0. The number of anilines is 1. The molecule has 1 fully saturated rings. The van der Waals surface area contributed by atoms with E-state index in [2.05, 4.69) is 74.2 Å². The van der Waals surface area contributed by atoms with Crippen LogP contribution in [0.5, 0.6) is 5.75 Å². The summed E-state index contributed by atoms with van der Waals surface area (Å²) in [6.07, 6.45) is 1.89. The molecule has 0 unspecified atom stereocenters. The highest BCUT2D eigenvalue weighted by Crippen LogP contribution is 2.29. The molecule has 0 atom stereocenters. The maximum atomic E-state index is 13.8. The predicted octanol–water partition coefficient (Wildman–Crippen LogP) is 6.44. The Labute approximate surface area is 204 Å². The third-order valence-electron chi connectivity index (χ3n) is 6.84. The highest BCUT2D eigenvalue weighted by atomic mass is 16.5. The third-order valence-corrected chi connectivity index (χ3v) is 6.84. The number of likely N-dealkylation sites (tertiary alicyclic amines) is 1. The Hall–Kier alpha value is -3.11. The first-order valence-corrected chi connectivity index (χ1v) is 12.3. The summed E-state index contributed by atoms with van der Waals surface area (Å²) in [7, 11) is 1.62. The standard InChI is InChI=1S/C30H36N2O2/c1-22(2)25-13-11-24(12-14-25)21-31-19-17-27(18-20-31)32(26-15-9-23(3)10-16-26)30(33)28-7-5-6-8-29(28)34-4/h5-16,22,27H,17-21H2,1-4H3. The fourth-order valence-corrected chi connectivity index (χ4v) is 4.75. The van der Waals surface area contributed by atoms with Crippen molar-refractivity contribution < 1.29 is 9.53 Å². The van der Waals surface area contributed by atoms with Gasteiger partial charge < -0.3 is 9.64 Å². The topological polar surface area (TPSA) is 32.8 Å². The summed E-state index contributed by atoms with van der Waals surface area (Å²) in [5.74, 6) is 1.18. The maximum Gasteiger partial charge on any atom is 0.262 e. The molecule has 0 saturated carbocycles. The minimum absolute atomic E-state index is 0.00373. The number of methoxy groups -OCH3 is 1. The normalized spacial score (nSPS) is 14.9. The van der Waals surface area contributed by atoms with Gasteiger partial charge in [-0.2, -0.15) is 0 Å². The zero-order valence-electron chi connectivity index (χ0n) is 20.8. The van der Waals surface area contributed by atoms with Crippen LogP contribution in [0.15, 0.2) is 72.8 Å². The molecule has 34 heavy (non-hydrogen) atoms. The monoisotopic (exact) mass is 456 g/mol. The molecule has 0 aliphatic carbocycles. The lowest BCUT2D eigenvalue weighted by Crippen LogP contribution is -2.47. The van der Waals surface area contributed by atoms with Crippen molar-refractivity contribution in [3.63, 3.8) is 0 Å². The van der Waals surface area contributed by atoms with Gasteiger partial charge in [0.2, 0.25) is 0 Å². The number of carbonyl (C=O) groups excluding carboxylic acids is 1. The van der Waals surface area contributed by atoms with E-state index in [0.29, 0.717) is 17.2 Å². The lowest BCUT2D eigenvalue weighted by atomic mass is 9.99. The molecule has 4 rings (SSSR count). The second-order valence-electron chi connectivity index (χ2n) is 9.61. The second-order valence-corrected chi connectivity index (χ2v) is 9.61. The van der Waals surface area contributed by atoms with Crippen LogP contribution in [0.3, 0.4) is 0 Å². The Morgan fingerprint density at radius 1 is 0.971 bits per heavy atom. The van der Waals surface area contributed by atoms with Crippen molar-refractivity contribution in [2.24, 2.45) is 0 Å². The number of benzene rings is 3. The zero-order chi connectivity index (χ0) is 24.1. The van der Waals surface area contributed by atoms with Gasteiger partial charge in [0.05, 0.1) is 12.7 Å². The molecule has 0 spiro atoms. The van der Waals surface area contributed by atoms with E-state index in [9.17, 15) is 4.79 Å². The Balaban J connectivity index is 1.50. The molecule has 178 valence electrons. The van der Waals surface area contributed by atoms with E-state index in [-0.39, 0.29) is 11.9 Å². The zero-order valence-corrected chi connectivity index (χ0v) is 20.8. The van der Waals surface area contributed by atoms with Crippen LogP contribution in [0, 0.1) is 6.92 Å². The second kappa shape index (κ2) is 10.9.